The van der Waals surface area contributed by atoms with E-state index < -0.39 is 17.7 Å². The molecular weight excluding hydrogens is 354 g/mol. The zero-order valence-corrected chi connectivity index (χ0v) is 15.2. The highest BCUT2D eigenvalue weighted by molar-refractivity contribution is 5.87. The second-order valence-corrected chi connectivity index (χ2v) is 7.05. The van der Waals surface area contributed by atoms with E-state index in [1.54, 1.807) is 9.80 Å². The maximum Gasteiger partial charge on any atom is 0.245 e. The summed E-state index contributed by atoms with van der Waals surface area (Å²) in [5.74, 6) is -1.60. The van der Waals surface area contributed by atoms with Crippen LogP contribution in [0.25, 0.3) is 0 Å². The Hall–Kier alpha value is -2.28. The number of rotatable bonds is 4. The molecule has 1 unspecified atom stereocenters. The van der Waals surface area contributed by atoms with Gasteiger partial charge < -0.3 is 14.5 Å². The first-order chi connectivity index (χ1) is 13.0. The summed E-state index contributed by atoms with van der Waals surface area (Å²) in [6.07, 6.45) is 2.88. The van der Waals surface area contributed by atoms with Crippen LogP contribution in [0, 0.1) is 17.6 Å². The second kappa shape index (κ2) is 8.61. The maximum absolute atomic E-state index is 13.5. The van der Waals surface area contributed by atoms with Gasteiger partial charge in [0.1, 0.15) is 6.10 Å². The molecule has 0 radical (unpaired) electrons. The van der Waals surface area contributed by atoms with Crippen molar-refractivity contribution >= 4 is 11.8 Å². The summed E-state index contributed by atoms with van der Waals surface area (Å²) in [7, 11) is 0. The van der Waals surface area contributed by atoms with Gasteiger partial charge in [0.15, 0.2) is 11.6 Å². The fourth-order valence-corrected chi connectivity index (χ4v) is 3.65. The van der Waals surface area contributed by atoms with Crippen LogP contribution < -0.4 is 0 Å². The first-order valence-corrected chi connectivity index (χ1v) is 9.23. The van der Waals surface area contributed by atoms with Gasteiger partial charge in [0.05, 0.1) is 13.2 Å². The number of morpholine rings is 1. The molecule has 2 aliphatic heterocycles. The quantitative estimate of drug-likeness (QED) is 0.757. The van der Waals surface area contributed by atoms with Crippen molar-refractivity contribution < 1.29 is 23.1 Å². The first kappa shape index (κ1) is 19.5. The van der Waals surface area contributed by atoms with E-state index in [1.807, 2.05) is 0 Å². The topological polar surface area (TPSA) is 49.9 Å². The number of piperidine rings is 1. The van der Waals surface area contributed by atoms with Crippen LogP contribution in [0.1, 0.15) is 30.9 Å². The molecule has 2 aliphatic rings. The van der Waals surface area contributed by atoms with Crippen LogP contribution in [0.5, 0.6) is 0 Å². The zero-order valence-electron chi connectivity index (χ0n) is 15.2. The number of amides is 2. The molecule has 0 spiro atoms. The van der Waals surface area contributed by atoms with Gasteiger partial charge in [-0.3, -0.25) is 9.59 Å². The largest absolute Gasteiger partial charge is 0.370 e. The summed E-state index contributed by atoms with van der Waals surface area (Å²) in [6, 6.07) is 3.69. The molecule has 0 aromatic heterocycles. The van der Waals surface area contributed by atoms with Crippen LogP contribution in [0.2, 0.25) is 0 Å². The lowest BCUT2D eigenvalue weighted by Gasteiger charge is -2.35. The van der Waals surface area contributed by atoms with Gasteiger partial charge in [-0.2, -0.15) is 0 Å². The predicted molar refractivity (Wildman–Crippen MR) is 95.7 cm³/mol. The number of carbonyl (C=O) groups is 2. The molecule has 2 heterocycles. The molecule has 2 fully saturated rings. The monoisotopic (exact) mass is 378 g/mol. The number of carbonyl (C=O) groups excluding carboxylic acids is 2. The van der Waals surface area contributed by atoms with Crippen LogP contribution in [0.4, 0.5) is 8.78 Å². The number of likely N-dealkylation sites (tertiary alicyclic amines) is 1. The van der Waals surface area contributed by atoms with Crippen molar-refractivity contribution in [2.45, 2.75) is 25.4 Å². The molecule has 0 saturated carbocycles. The van der Waals surface area contributed by atoms with Gasteiger partial charge in [0.2, 0.25) is 11.8 Å². The fourth-order valence-electron chi connectivity index (χ4n) is 3.65. The van der Waals surface area contributed by atoms with E-state index in [4.69, 9.17) is 4.74 Å². The third-order valence-corrected chi connectivity index (χ3v) is 5.30. The van der Waals surface area contributed by atoms with Crippen LogP contribution in [-0.2, 0) is 14.3 Å². The second-order valence-electron chi connectivity index (χ2n) is 7.05. The fraction of sp³-hybridized carbons (Fsp3) is 0.500. The van der Waals surface area contributed by atoms with Crippen molar-refractivity contribution in [1.82, 2.24) is 9.80 Å². The summed E-state index contributed by atoms with van der Waals surface area (Å²) in [6.45, 7) is 5.97. The standard InChI is InChI=1S/C20H24F2N2O3/c1-2-19(25)23-7-5-14(6-8-23)11-20(26)24-9-10-27-18(13-24)15-3-4-16(21)17(22)12-15/h2-4,12,14,18H,1,5-11,13H2. The van der Waals surface area contributed by atoms with Crippen molar-refractivity contribution in [2.24, 2.45) is 5.92 Å². The Morgan fingerprint density at radius 2 is 1.89 bits per heavy atom. The molecule has 2 saturated heterocycles. The third kappa shape index (κ3) is 4.71. The van der Waals surface area contributed by atoms with E-state index in [-0.39, 0.29) is 17.7 Å². The molecular formula is C20H24F2N2O3. The zero-order chi connectivity index (χ0) is 19.4. The van der Waals surface area contributed by atoms with Gasteiger partial charge in [-0.05, 0) is 42.5 Å². The molecule has 1 aromatic rings. The summed E-state index contributed by atoms with van der Waals surface area (Å²) in [4.78, 5) is 27.8. The van der Waals surface area contributed by atoms with Crippen molar-refractivity contribution in [3.8, 4) is 0 Å². The molecule has 0 N–H and O–H groups in total. The highest BCUT2D eigenvalue weighted by Crippen LogP contribution is 2.26. The summed E-state index contributed by atoms with van der Waals surface area (Å²) < 4.78 is 32.2. The molecule has 2 amide bonds. The SMILES string of the molecule is C=CC(=O)N1CCC(CC(=O)N2CCOC(c3ccc(F)c(F)c3)C2)CC1. The average molecular weight is 378 g/mol. The molecule has 1 aromatic carbocycles. The number of benzene rings is 1. The van der Waals surface area contributed by atoms with Gasteiger partial charge in [-0.15, -0.1) is 0 Å². The summed E-state index contributed by atoms with van der Waals surface area (Å²) in [5, 5.41) is 0. The lowest BCUT2D eigenvalue weighted by Crippen LogP contribution is -2.44. The summed E-state index contributed by atoms with van der Waals surface area (Å²) in [5.41, 5.74) is 0.530. The Morgan fingerprint density at radius 3 is 2.56 bits per heavy atom. The average Bonchev–Trinajstić information content (AvgIpc) is 2.70. The Morgan fingerprint density at radius 1 is 1.15 bits per heavy atom. The molecule has 5 nitrogen and oxygen atoms in total. The minimum absolute atomic E-state index is 0.0411. The Bertz CT molecular complexity index is 717. The minimum atomic E-state index is -0.916. The molecule has 7 heteroatoms. The molecule has 0 aliphatic carbocycles. The maximum atomic E-state index is 13.5. The van der Waals surface area contributed by atoms with Crippen molar-refractivity contribution in [3.05, 3.63) is 48.1 Å². The van der Waals surface area contributed by atoms with E-state index >= 15 is 0 Å². The number of ether oxygens (including phenoxy) is 1. The van der Waals surface area contributed by atoms with Crippen molar-refractivity contribution in [3.63, 3.8) is 0 Å². The highest BCUT2D eigenvalue weighted by Gasteiger charge is 2.29. The Labute approximate surface area is 157 Å². The van der Waals surface area contributed by atoms with Gasteiger partial charge in [0.25, 0.3) is 0 Å². The van der Waals surface area contributed by atoms with E-state index in [0.717, 1.165) is 25.0 Å². The normalized spacial score (nSPS) is 21.2. The van der Waals surface area contributed by atoms with Crippen molar-refractivity contribution in [2.75, 3.05) is 32.8 Å². The van der Waals surface area contributed by atoms with Crippen LogP contribution >= 0.6 is 0 Å². The van der Waals surface area contributed by atoms with Crippen LogP contribution in [0.3, 0.4) is 0 Å². The Balaban J connectivity index is 1.53. The minimum Gasteiger partial charge on any atom is -0.370 e. The molecule has 0 bridgehead atoms. The molecule has 1 atom stereocenters. The number of hydrogen-bond acceptors (Lipinski definition) is 3. The van der Waals surface area contributed by atoms with Gasteiger partial charge in [-0.1, -0.05) is 12.6 Å². The van der Waals surface area contributed by atoms with E-state index in [0.29, 0.717) is 44.8 Å². The van der Waals surface area contributed by atoms with Crippen molar-refractivity contribution in [1.29, 1.82) is 0 Å². The first-order valence-electron chi connectivity index (χ1n) is 9.23. The number of nitrogens with zero attached hydrogens (tertiary/aromatic N) is 2. The highest BCUT2D eigenvalue weighted by atomic mass is 19.2. The Kier molecular flexibility index (Phi) is 6.21. The molecule has 146 valence electrons. The lowest BCUT2D eigenvalue weighted by molar-refractivity contribution is -0.140. The van der Waals surface area contributed by atoms with E-state index in [9.17, 15) is 18.4 Å². The van der Waals surface area contributed by atoms with E-state index in [2.05, 4.69) is 6.58 Å². The van der Waals surface area contributed by atoms with Gasteiger partial charge >= 0.3 is 0 Å². The third-order valence-electron chi connectivity index (χ3n) is 5.30. The van der Waals surface area contributed by atoms with Gasteiger partial charge in [-0.25, -0.2) is 8.78 Å². The predicted octanol–water partition coefficient (Wildman–Crippen LogP) is 2.68. The van der Waals surface area contributed by atoms with Crippen LogP contribution in [-0.4, -0.2) is 54.4 Å². The summed E-state index contributed by atoms with van der Waals surface area (Å²) >= 11 is 0. The lowest BCUT2D eigenvalue weighted by atomic mass is 9.92. The molecule has 27 heavy (non-hydrogen) atoms. The van der Waals surface area contributed by atoms with Crippen LogP contribution in [0.15, 0.2) is 30.9 Å². The smallest absolute Gasteiger partial charge is 0.245 e. The number of hydrogen-bond donors (Lipinski definition) is 0. The number of halogens is 2. The molecule has 3 rings (SSSR count). The van der Waals surface area contributed by atoms with E-state index in [1.165, 1.54) is 12.1 Å². The van der Waals surface area contributed by atoms with Gasteiger partial charge in [0, 0.05) is 26.1 Å².